The fraction of sp³-hybridized carbons (Fsp3) is 0.533. The average Bonchev–Trinajstić information content (AvgIpc) is 2.51. The molecule has 1 aromatic rings. The van der Waals surface area contributed by atoms with Crippen molar-refractivity contribution in [1.82, 2.24) is 4.31 Å². The Kier molecular flexibility index (Phi) is 6.98. The van der Waals surface area contributed by atoms with Crippen molar-refractivity contribution in [1.29, 1.82) is 0 Å². The normalized spacial score (nSPS) is 14.0. The Morgan fingerprint density at radius 2 is 1.72 bits per heavy atom. The fourth-order valence-corrected chi connectivity index (χ4v) is 3.06. The Morgan fingerprint density at radius 3 is 2.16 bits per heavy atom. The van der Waals surface area contributed by atoms with Crippen LogP contribution in [0, 0.1) is 0 Å². The van der Waals surface area contributed by atoms with Gasteiger partial charge in [0.25, 0.3) is 5.91 Å². The third kappa shape index (κ3) is 6.29. The first kappa shape index (κ1) is 21.4. The summed E-state index contributed by atoms with van der Waals surface area (Å²) in [5, 5.41) is 2.37. The van der Waals surface area contributed by atoms with Crippen LogP contribution in [0.15, 0.2) is 29.2 Å². The van der Waals surface area contributed by atoms with Gasteiger partial charge in [-0.2, -0.15) is 17.5 Å². The number of sulfonamides is 1. The first-order chi connectivity index (χ1) is 11.3. The molecule has 0 spiro atoms. The Labute approximate surface area is 145 Å². The highest BCUT2D eigenvalue weighted by atomic mass is 32.2. The van der Waals surface area contributed by atoms with Gasteiger partial charge in [0.05, 0.1) is 4.90 Å². The SMILES string of the molecule is CC(C)N(C)S(=O)(=O)c1ccc(NC(=O)[C@@H](C)OCC(F)(F)F)cc1. The van der Waals surface area contributed by atoms with E-state index in [1.165, 1.54) is 42.5 Å². The highest BCUT2D eigenvalue weighted by Gasteiger charge is 2.30. The second kappa shape index (κ2) is 8.15. The first-order valence-corrected chi connectivity index (χ1v) is 8.86. The Hall–Kier alpha value is -1.65. The minimum absolute atomic E-state index is 0.0445. The van der Waals surface area contributed by atoms with E-state index in [4.69, 9.17) is 0 Å². The van der Waals surface area contributed by atoms with Crippen molar-refractivity contribution in [3.8, 4) is 0 Å². The zero-order valence-corrected chi connectivity index (χ0v) is 15.1. The van der Waals surface area contributed by atoms with Crippen molar-refractivity contribution >= 4 is 21.6 Å². The van der Waals surface area contributed by atoms with E-state index in [2.05, 4.69) is 10.1 Å². The highest BCUT2D eigenvalue weighted by molar-refractivity contribution is 7.89. The number of carbonyl (C=O) groups is 1. The van der Waals surface area contributed by atoms with Gasteiger partial charge in [-0.05, 0) is 45.0 Å². The summed E-state index contributed by atoms with van der Waals surface area (Å²) in [7, 11) is -2.20. The summed E-state index contributed by atoms with van der Waals surface area (Å²) in [5.41, 5.74) is 0.249. The van der Waals surface area contributed by atoms with Crippen LogP contribution in [0.25, 0.3) is 0 Å². The molecule has 0 heterocycles. The summed E-state index contributed by atoms with van der Waals surface area (Å²) in [4.78, 5) is 11.8. The van der Waals surface area contributed by atoms with Gasteiger partial charge in [0.2, 0.25) is 10.0 Å². The van der Waals surface area contributed by atoms with E-state index in [0.29, 0.717) is 0 Å². The van der Waals surface area contributed by atoms with Gasteiger partial charge in [0.1, 0.15) is 12.7 Å². The molecule has 0 aliphatic heterocycles. The molecule has 1 atom stereocenters. The van der Waals surface area contributed by atoms with Crippen LogP contribution in [0.1, 0.15) is 20.8 Å². The minimum Gasteiger partial charge on any atom is -0.359 e. The molecule has 0 bridgehead atoms. The van der Waals surface area contributed by atoms with Crippen LogP contribution in [-0.2, 0) is 19.6 Å². The van der Waals surface area contributed by atoms with E-state index in [0.717, 1.165) is 0 Å². The van der Waals surface area contributed by atoms with Gasteiger partial charge >= 0.3 is 6.18 Å². The van der Waals surface area contributed by atoms with Crippen LogP contribution in [-0.4, -0.2) is 50.6 Å². The molecular weight excluding hydrogens is 361 g/mol. The van der Waals surface area contributed by atoms with E-state index < -0.39 is 34.8 Å². The largest absolute Gasteiger partial charge is 0.411 e. The van der Waals surface area contributed by atoms with Crippen molar-refractivity contribution < 1.29 is 31.1 Å². The zero-order valence-electron chi connectivity index (χ0n) is 14.3. The van der Waals surface area contributed by atoms with Crippen LogP contribution in [0.3, 0.4) is 0 Å². The molecule has 0 saturated carbocycles. The lowest BCUT2D eigenvalue weighted by Crippen LogP contribution is -2.33. The maximum absolute atomic E-state index is 12.3. The van der Waals surface area contributed by atoms with E-state index in [1.807, 2.05) is 0 Å². The number of nitrogens with one attached hydrogen (secondary N) is 1. The highest BCUT2D eigenvalue weighted by Crippen LogP contribution is 2.20. The average molecular weight is 382 g/mol. The minimum atomic E-state index is -4.52. The molecule has 0 unspecified atom stereocenters. The lowest BCUT2D eigenvalue weighted by Gasteiger charge is -2.21. The molecule has 1 aromatic carbocycles. The number of nitrogens with zero attached hydrogens (tertiary/aromatic N) is 1. The molecule has 142 valence electrons. The van der Waals surface area contributed by atoms with Gasteiger partial charge in [-0.3, -0.25) is 4.79 Å². The van der Waals surface area contributed by atoms with Gasteiger partial charge in [-0.15, -0.1) is 0 Å². The fourth-order valence-electron chi connectivity index (χ4n) is 1.69. The number of anilines is 1. The maximum atomic E-state index is 12.3. The zero-order chi connectivity index (χ0) is 19.4. The van der Waals surface area contributed by atoms with Crippen molar-refractivity contribution in [2.75, 3.05) is 19.0 Å². The molecule has 0 aromatic heterocycles. The van der Waals surface area contributed by atoms with Crippen LogP contribution < -0.4 is 5.32 Å². The quantitative estimate of drug-likeness (QED) is 0.787. The number of hydrogen-bond donors (Lipinski definition) is 1. The monoisotopic (exact) mass is 382 g/mol. The maximum Gasteiger partial charge on any atom is 0.411 e. The van der Waals surface area contributed by atoms with Crippen molar-refractivity contribution in [2.24, 2.45) is 0 Å². The summed E-state index contributed by atoms with van der Waals surface area (Å²) in [6.07, 6.45) is -5.83. The Morgan fingerprint density at radius 1 is 1.20 bits per heavy atom. The molecule has 0 fully saturated rings. The molecule has 0 aliphatic rings. The van der Waals surface area contributed by atoms with Crippen LogP contribution in [0.5, 0.6) is 0 Å². The van der Waals surface area contributed by atoms with E-state index in [1.54, 1.807) is 13.8 Å². The molecule has 1 amide bonds. The van der Waals surface area contributed by atoms with Gasteiger partial charge in [0, 0.05) is 18.8 Å². The van der Waals surface area contributed by atoms with E-state index in [-0.39, 0.29) is 16.6 Å². The third-order valence-corrected chi connectivity index (χ3v) is 5.44. The number of carbonyl (C=O) groups excluding carboxylic acids is 1. The Balaban J connectivity index is 2.76. The molecule has 1 rings (SSSR count). The number of ether oxygens (including phenoxy) is 1. The van der Waals surface area contributed by atoms with Gasteiger partial charge < -0.3 is 10.1 Å². The topological polar surface area (TPSA) is 75.7 Å². The van der Waals surface area contributed by atoms with Crippen LogP contribution in [0.4, 0.5) is 18.9 Å². The third-order valence-electron chi connectivity index (χ3n) is 3.39. The molecule has 25 heavy (non-hydrogen) atoms. The summed E-state index contributed by atoms with van der Waals surface area (Å²) in [5.74, 6) is -0.765. The predicted molar refractivity (Wildman–Crippen MR) is 86.6 cm³/mol. The molecule has 10 heteroatoms. The summed E-state index contributed by atoms with van der Waals surface area (Å²) in [6.45, 7) is 3.13. The molecule has 0 saturated heterocycles. The lowest BCUT2D eigenvalue weighted by molar-refractivity contribution is -0.184. The standard InChI is InChI=1S/C15H21F3N2O4S/c1-10(2)20(4)25(22,23)13-7-5-12(6-8-13)19-14(21)11(3)24-9-15(16,17)18/h5-8,10-11H,9H2,1-4H3,(H,19,21)/t11-/m1/s1. The molecule has 6 nitrogen and oxygen atoms in total. The molecule has 0 radical (unpaired) electrons. The Bertz CT molecular complexity index is 688. The van der Waals surface area contributed by atoms with Gasteiger partial charge in [-0.1, -0.05) is 0 Å². The number of hydrogen-bond acceptors (Lipinski definition) is 4. The van der Waals surface area contributed by atoms with E-state index in [9.17, 15) is 26.4 Å². The van der Waals surface area contributed by atoms with Gasteiger partial charge in [-0.25, -0.2) is 8.42 Å². The molecule has 0 aliphatic carbocycles. The van der Waals surface area contributed by atoms with Gasteiger partial charge in [0.15, 0.2) is 0 Å². The van der Waals surface area contributed by atoms with Crippen LogP contribution >= 0.6 is 0 Å². The summed E-state index contributed by atoms with van der Waals surface area (Å²) in [6, 6.07) is 5.11. The lowest BCUT2D eigenvalue weighted by atomic mass is 10.3. The summed E-state index contributed by atoms with van der Waals surface area (Å²) < 4.78 is 66.5. The molecular formula is C15H21F3N2O4S. The second-order valence-electron chi connectivity index (χ2n) is 5.70. The van der Waals surface area contributed by atoms with Crippen molar-refractivity contribution in [3.63, 3.8) is 0 Å². The number of amides is 1. The second-order valence-corrected chi connectivity index (χ2v) is 7.69. The number of alkyl halides is 3. The first-order valence-electron chi connectivity index (χ1n) is 7.42. The van der Waals surface area contributed by atoms with Crippen molar-refractivity contribution in [3.05, 3.63) is 24.3 Å². The summed E-state index contributed by atoms with van der Waals surface area (Å²) >= 11 is 0. The number of halogens is 3. The van der Waals surface area contributed by atoms with E-state index >= 15 is 0 Å². The molecule has 1 N–H and O–H groups in total. The van der Waals surface area contributed by atoms with Crippen molar-refractivity contribution in [2.45, 2.75) is 44.0 Å². The predicted octanol–water partition coefficient (Wildman–Crippen LogP) is 2.62. The number of rotatable bonds is 7. The smallest absolute Gasteiger partial charge is 0.359 e. The number of benzene rings is 1. The van der Waals surface area contributed by atoms with Crippen LogP contribution in [0.2, 0.25) is 0 Å².